The molecule has 3 heteroatoms. The number of hydrogen-bond acceptors (Lipinski definition) is 1. The minimum absolute atomic E-state index is 0.0743. The predicted octanol–water partition coefficient (Wildman–Crippen LogP) is 4.30. The summed E-state index contributed by atoms with van der Waals surface area (Å²) in [6.07, 6.45) is 5.02. The van der Waals surface area contributed by atoms with Gasteiger partial charge in [0, 0.05) is 16.9 Å². The first-order chi connectivity index (χ1) is 9.49. The molecule has 1 aliphatic carbocycles. The number of carbonyl (C=O) groups is 1. The fourth-order valence-electron chi connectivity index (χ4n) is 3.24. The highest BCUT2D eigenvalue weighted by Gasteiger charge is 2.23. The van der Waals surface area contributed by atoms with Gasteiger partial charge in [-0.05, 0) is 50.7 Å². The van der Waals surface area contributed by atoms with E-state index in [0.717, 1.165) is 23.2 Å². The Morgan fingerprint density at radius 2 is 1.80 bits per heavy atom. The van der Waals surface area contributed by atoms with Crippen molar-refractivity contribution < 1.29 is 4.79 Å². The van der Waals surface area contributed by atoms with Crippen LogP contribution in [0.5, 0.6) is 0 Å². The van der Waals surface area contributed by atoms with E-state index in [2.05, 4.69) is 40.3 Å². The molecule has 2 unspecified atom stereocenters. The minimum Gasteiger partial charge on any atom is -0.352 e. The van der Waals surface area contributed by atoms with Crippen molar-refractivity contribution in [1.82, 2.24) is 5.32 Å². The quantitative estimate of drug-likeness (QED) is 0.818. The van der Waals surface area contributed by atoms with Gasteiger partial charge in [-0.15, -0.1) is 0 Å². The molecular weight excluding hydrogens is 314 g/mol. The van der Waals surface area contributed by atoms with Crippen LogP contribution in [0.4, 0.5) is 0 Å². The highest BCUT2D eigenvalue weighted by Crippen LogP contribution is 2.29. The van der Waals surface area contributed by atoms with Crippen molar-refractivity contribution in [2.75, 3.05) is 6.54 Å². The molecular formula is C17H24BrNO. The second-order valence-electron chi connectivity index (χ2n) is 6.04. The van der Waals surface area contributed by atoms with Crippen molar-refractivity contribution in [1.29, 1.82) is 0 Å². The Morgan fingerprint density at radius 1 is 1.20 bits per heavy atom. The lowest BCUT2D eigenvalue weighted by molar-refractivity contribution is 0.0943. The number of benzene rings is 1. The lowest BCUT2D eigenvalue weighted by atomic mass is 9.89. The molecule has 1 saturated carbocycles. The average Bonchev–Trinajstić information content (AvgIpc) is 2.36. The zero-order chi connectivity index (χ0) is 14.7. The SMILES string of the molecule is Cc1cc(C)c(C(=O)NCC2CCCCC2Br)c(C)c1. The highest BCUT2D eigenvalue weighted by molar-refractivity contribution is 9.09. The molecule has 2 nitrogen and oxygen atoms in total. The van der Waals surface area contributed by atoms with Crippen LogP contribution in [0, 0.1) is 26.7 Å². The van der Waals surface area contributed by atoms with Crippen molar-refractivity contribution >= 4 is 21.8 Å². The van der Waals surface area contributed by atoms with Crippen molar-refractivity contribution in [3.8, 4) is 0 Å². The van der Waals surface area contributed by atoms with Crippen LogP contribution in [0.3, 0.4) is 0 Å². The summed E-state index contributed by atoms with van der Waals surface area (Å²) in [4.78, 5) is 13.0. The van der Waals surface area contributed by atoms with Crippen molar-refractivity contribution in [2.24, 2.45) is 5.92 Å². The lowest BCUT2D eigenvalue weighted by Crippen LogP contribution is -2.35. The molecule has 0 spiro atoms. The largest absolute Gasteiger partial charge is 0.352 e. The van der Waals surface area contributed by atoms with Crippen LogP contribution in [-0.4, -0.2) is 17.3 Å². The van der Waals surface area contributed by atoms with E-state index < -0.39 is 0 Å². The van der Waals surface area contributed by atoms with Gasteiger partial charge in [0.1, 0.15) is 0 Å². The van der Waals surface area contributed by atoms with E-state index in [1.807, 2.05) is 13.8 Å². The maximum atomic E-state index is 12.4. The lowest BCUT2D eigenvalue weighted by Gasteiger charge is -2.27. The van der Waals surface area contributed by atoms with Gasteiger partial charge in [0.15, 0.2) is 0 Å². The molecule has 0 aromatic heterocycles. The third-order valence-corrected chi connectivity index (χ3v) is 5.45. The van der Waals surface area contributed by atoms with E-state index >= 15 is 0 Å². The van der Waals surface area contributed by atoms with Crippen LogP contribution in [0.2, 0.25) is 0 Å². The van der Waals surface area contributed by atoms with E-state index in [9.17, 15) is 4.79 Å². The van der Waals surface area contributed by atoms with Crippen LogP contribution in [0.1, 0.15) is 52.7 Å². The number of hydrogen-bond donors (Lipinski definition) is 1. The molecule has 1 aliphatic rings. The molecule has 1 aromatic carbocycles. The van der Waals surface area contributed by atoms with Crippen molar-refractivity contribution in [3.63, 3.8) is 0 Å². The van der Waals surface area contributed by atoms with Gasteiger partial charge in [-0.1, -0.05) is 46.5 Å². The molecule has 0 bridgehead atoms. The second kappa shape index (κ2) is 6.75. The maximum absolute atomic E-state index is 12.4. The third kappa shape index (κ3) is 3.63. The summed E-state index contributed by atoms with van der Waals surface area (Å²) < 4.78 is 0. The van der Waals surface area contributed by atoms with Gasteiger partial charge in [-0.25, -0.2) is 0 Å². The molecule has 1 N–H and O–H groups in total. The monoisotopic (exact) mass is 337 g/mol. The Hall–Kier alpha value is -0.830. The van der Waals surface area contributed by atoms with Crippen LogP contribution >= 0.6 is 15.9 Å². The van der Waals surface area contributed by atoms with Crippen LogP contribution in [0.15, 0.2) is 12.1 Å². The summed E-state index contributed by atoms with van der Waals surface area (Å²) in [5, 5.41) is 3.13. The molecule has 110 valence electrons. The predicted molar refractivity (Wildman–Crippen MR) is 87.7 cm³/mol. The average molecular weight is 338 g/mol. The topological polar surface area (TPSA) is 29.1 Å². The van der Waals surface area contributed by atoms with Gasteiger partial charge in [-0.3, -0.25) is 4.79 Å². The molecule has 1 amide bonds. The Balaban J connectivity index is 2.02. The standard InChI is InChI=1S/C17H24BrNO/c1-11-8-12(2)16(13(3)9-11)17(20)19-10-14-6-4-5-7-15(14)18/h8-9,14-15H,4-7,10H2,1-3H3,(H,19,20). The van der Waals surface area contributed by atoms with Gasteiger partial charge in [0.2, 0.25) is 0 Å². The summed E-state index contributed by atoms with van der Waals surface area (Å²) in [6, 6.07) is 4.16. The summed E-state index contributed by atoms with van der Waals surface area (Å²) in [5.74, 6) is 0.643. The maximum Gasteiger partial charge on any atom is 0.251 e. The molecule has 0 saturated heterocycles. The molecule has 1 aromatic rings. The molecule has 1 fully saturated rings. The zero-order valence-corrected chi connectivity index (χ0v) is 14.2. The summed E-state index contributed by atoms with van der Waals surface area (Å²) in [5.41, 5.74) is 4.19. The number of rotatable bonds is 3. The van der Waals surface area contributed by atoms with E-state index in [0.29, 0.717) is 10.7 Å². The number of alkyl halides is 1. The number of halogens is 1. The highest BCUT2D eigenvalue weighted by atomic mass is 79.9. The molecule has 0 radical (unpaired) electrons. The number of carbonyl (C=O) groups excluding carboxylic acids is 1. The van der Waals surface area contributed by atoms with Crippen LogP contribution in [0.25, 0.3) is 0 Å². The van der Waals surface area contributed by atoms with Crippen LogP contribution in [-0.2, 0) is 0 Å². The summed E-state index contributed by atoms with van der Waals surface area (Å²) >= 11 is 3.75. The van der Waals surface area contributed by atoms with Gasteiger partial charge < -0.3 is 5.32 Å². The molecule has 2 rings (SSSR count). The van der Waals surface area contributed by atoms with Gasteiger partial charge in [-0.2, -0.15) is 0 Å². The fraction of sp³-hybridized carbons (Fsp3) is 0.588. The van der Waals surface area contributed by atoms with Crippen LogP contribution < -0.4 is 5.32 Å². The minimum atomic E-state index is 0.0743. The van der Waals surface area contributed by atoms with E-state index in [1.165, 1.54) is 31.2 Å². The summed E-state index contributed by atoms with van der Waals surface area (Å²) in [6.45, 7) is 6.88. The normalized spacial score (nSPS) is 22.6. The summed E-state index contributed by atoms with van der Waals surface area (Å²) in [7, 11) is 0. The Morgan fingerprint density at radius 3 is 2.40 bits per heavy atom. The first-order valence-electron chi connectivity index (χ1n) is 7.49. The Bertz CT molecular complexity index is 475. The number of nitrogens with one attached hydrogen (secondary N) is 1. The van der Waals surface area contributed by atoms with Gasteiger partial charge >= 0.3 is 0 Å². The third-order valence-electron chi connectivity index (χ3n) is 4.25. The van der Waals surface area contributed by atoms with E-state index in [-0.39, 0.29) is 5.91 Å². The molecule has 20 heavy (non-hydrogen) atoms. The molecule has 0 heterocycles. The van der Waals surface area contributed by atoms with Crippen molar-refractivity contribution in [3.05, 3.63) is 34.4 Å². The van der Waals surface area contributed by atoms with E-state index in [1.54, 1.807) is 0 Å². The first kappa shape index (κ1) is 15.6. The first-order valence-corrected chi connectivity index (χ1v) is 8.40. The zero-order valence-electron chi connectivity index (χ0n) is 12.6. The fourth-order valence-corrected chi connectivity index (χ4v) is 4.02. The Labute approximate surface area is 130 Å². The molecule has 0 aliphatic heterocycles. The Kier molecular flexibility index (Phi) is 5.25. The van der Waals surface area contributed by atoms with E-state index in [4.69, 9.17) is 0 Å². The van der Waals surface area contributed by atoms with Crippen molar-refractivity contribution in [2.45, 2.75) is 51.3 Å². The number of amides is 1. The second-order valence-corrected chi connectivity index (χ2v) is 7.22. The number of aryl methyl sites for hydroxylation is 3. The molecule has 2 atom stereocenters. The smallest absolute Gasteiger partial charge is 0.251 e. The van der Waals surface area contributed by atoms with Gasteiger partial charge in [0.05, 0.1) is 0 Å². The van der Waals surface area contributed by atoms with Gasteiger partial charge in [0.25, 0.3) is 5.91 Å².